The molecule has 1 aromatic rings. The van der Waals surface area contributed by atoms with E-state index in [1.807, 2.05) is 18.2 Å². The van der Waals surface area contributed by atoms with Crippen LogP contribution < -0.4 is 0 Å². The summed E-state index contributed by atoms with van der Waals surface area (Å²) in [5, 5.41) is 9.94. The van der Waals surface area contributed by atoms with Crippen molar-refractivity contribution in [2.75, 3.05) is 13.1 Å². The fourth-order valence-electron chi connectivity index (χ4n) is 2.88. The summed E-state index contributed by atoms with van der Waals surface area (Å²) in [7, 11) is 0. The average Bonchev–Trinajstić information content (AvgIpc) is 2.77. The minimum Gasteiger partial charge on any atom is -0.508 e. The van der Waals surface area contributed by atoms with E-state index in [0.29, 0.717) is 17.2 Å². The van der Waals surface area contributed by atoms with E-state index < -0.39 is 0 Å². The third-order valence-corrected chi connectivity index (χ3v) is 4.38. The molecule has 2 unspecified atom stereocenters. The lowest BCUT2D eigenvalue weighted by atomic mass is 9.80. The molecule has 2 atom stereocenters. The van der Waals surface area contributed by atoms with Gasteiger partial charge in [-0.2, -0.15) is 0 Å². The monoisotopic (exact) mass is 247 g/mol. The number of hydrogen-bond donors (Lipinski definition) is 1. The molecule has 0 amide bonds. The van der Waals surface area contributed by atoms with Gasteiger partial charge in [-0.25, -0.2) is 0 Å². The molecule has 0 radical (unpaired) electrons. The molecule has 1 aliphatic heterocycles. The van der Waals surface area contributed by atoms with Crippen LogP contribution in [0.5, 0.6) is 5.75 Å². The molecule has 100 valence electrons. The first-order chi connectivity index (χ1) is 8.39. The smallest absolute Gasteiger partial charge is 0.120 e. The van der Waals surface area contributed by atoms with Gasteiger partial charge in [0, 0.05) is 18.2 Å². The number of likely N-dealkylation sites (tertiary alicyclic amines) is 1. The Hall–Kier alpha value is -1.02. The van der Waals surface area contributed by atoms with E-state index in [-0.39, 0.29) is 0 Å². The highest BCUT2D eigenvalue weighted by atomic mass is 16.3. The van der Waals surface area contributed by atoms with Gasteiger partial charge in [0.1, 0.15) is 5.75 Å². The first-order valence-corrected chi connectivity index (χ1v) is 6.91. The third kappa shape index (κ3) is 2.69. The van der Waals surface area contributed by atoms with Crippen molar-refractivity contribution in [3.63, 3.8) is 0 Å². The largest absolute Gasteiger partial charge is 0.508 e. The second-order valence-electron chi connectivity index (χ2n) is 6.58. The van der Waals surface area contributed by atoms with E-state index in [1.165, 1.54) is 6.42 Å². The van der Waals surface area contributed by atoms with Crippen LogP contribution in [0.25, 0.3) is 0 Å². The summed E-state index contributed by atoms with van der Waals surface area (Å²) in [5.74, 6) is 1.18. The van der Waals surface area contributed by atoms with Crippen LogP contribution in [0.15, 0.2) is 24.3 Å². The number of benzene rings is 1. The van der Waals surface area contributed by atoms with E-state index >= 15 is 0 Å². The van der Waals surface area contributed by atoms with Crippen molar-refractivity contribution in [2.45, 2.75) is 40.2 Å². The highest BCUT2D eigenvalue weighted by Crippen LogP contribution is 2.38. The maximum Gasteiger partial charge on any atom is 0.120 e. The molecule has 0 aliphatic carbocycles. The molecular weight excluding hydrogens is 222 g/mol. The summed E-state index contributed by atoms with van der Waals surface area (Å²) in [5.41, 5.74) is 1.43. The number of hydrogen-bond acceptors (Lipinski definition) is 2. The van der Waals surface area contributed by atoms with Crippen molar-refractivity contribution in [3.8, 4) is 5.75 Å². The Balaban J connectivity index is 2.08. The number of para-hydroxylation sites is 1. The number of phenols is 1. The molecule has 0 spiro atoms. The fraction of sp³-hybridized carbons (Fsp3) is 0.625. The Kier molecular flexibility index (Phi) is 3.67. The van der Waals surface area contributed by atoms with Crippen molar-refractivity contribution in [1.82, 2.24) is 4.90 Å². The van der Waals surface area contributed by atoms with Gasteiger partial charge in [-0.15, -0.1) is 0 Å². The molecule has 0 saturated carbocycles. The van der Waals surface area contributed by atoms with Gasteiger partial charge in [-0.05, 0) is 37.3 Å². The fourth-order valence-corrected chi connectivity index (χ4v) is 2.88. The maximum absolute atomic E-state index is 9.94. The summed E-state index contributed by atoms with van der Waals surface area (Å²) in [6.45, 7) is 11.4. The molecule has 1 aromatic carbocycles. The molecule has 1 saturated heterocycles. The van der Waals surface area contributed by atoms with Gasteiger partial charge in [0.25, 0.3) is 0 Å². The van der Waals surface area contributed by atoms with Gasteiger partial charge < -0.3 is 5.11 Å². The summed E-state index contributed by atoms with van der Waals surface area (Å²) in [6, 6.07) is 8.00. The van der Waals surface area contributed by atoms with Gasteiger partial charge in [0.05, 0.1) is 0 Å². The SMILES string of the molecule is CC(c1ccccc1O)N1CCC(C(C)(C)C)C1. The van der Waals surface area contributed by atoms with E-state index in [1.54, 1.807) is 6.07 Å². The lowest BCUT2D eigenvalue weighted by molar-refractivity contribution is 0.201. The van der Waals surface area contributed by atoms with Gasteiger partial charge >= 0.3 is 0 Å². The molecule has 1 fully saturated rings. The topological polar surface area (TPSA) is 23.5 Å². The average molecular weight is 247 g/mol. The van der Waals surface area contributed by atoms with Gasteiger partial charge in [0.15, 0.2) is 0 Å². The van der Waals surface area contributed by atoms with E-state index in [4.69, 9.17) is 0 Å². The van der Waals surface area contributed by atoms with Crippen LogP contribution in [0.2, 0.25) is 0 Å². The van der Waals surface area contributed by atoms with Gasteiger partial charge in [-0.1, -0.05) is 39.0 Å². The zero-order valence-corrected chi connectivity index (χ0v) is 12.0. The number of nitrogens with zero attached hydrogens (tertiary/aromatic N) is 1. The second kappa shape index (κ2) is 4.93. The summed E-state index contributed by atoms with van der Waals surface area (Å²) < 4.78 is 0. The highest BCUT2D eigenvalue weighted by Gasteiger charge is 2.34. The zero-order valence-electron chi connectivity index (χ0n) is 12.0. The quantitative estimate of drug-likeness (QED) is 0.858. The summed E-state index contributed by atoms with van der Waals surface area (Å²) in [4.78, 5) is 2.49. The summed E-state index contributed by atoms with van der Waals surface area (Å²) >= 11 is 0. The lowest BCUT2D eigenvalue weighted by Gasteiger charge is -2.29. The lowest BCUT2D eigenvalue weighted by Crippen LogP contribution is -2.28. The van der Waals surface area contributed by atoms with E-state index in [0.717, 1.165) is 24.6 Å². The first kappa shape index (κ1) is 13.4. The van der Waals surface area contributed by atoms with Crippen LogP contribution in [-0.2, 0) is 0 Å². The van der Waals surface area contributed by atoms with Crippen LogP contribution in [0.4, 0.5) is 0 Å². The molecule has 2 nitrogen and oxygen atoms in total. The van der Waals surface area contributed by atoms with Crippen LogP contribution >= 0.6 is 0 Å². The number of phenolic OH excluding ortho intramolecular Hbond substituents is 1. The molecule has 1 N–H and O–H groups in total. The van der Waals surface area contributed by atoms with Crippen molar-refractivity contribution in [2.24, 2.45) is 11.3 Å². The Labute approximate surface area is 111 Å². The number of aromatic hydroxyl groups is 1. The molecule has 0 aromatic heterocycles. The Bertz CT molecular complexity index is 408. The molecule has 1 heterocycles. The molecule has 0 bridgehead atoms. The predicted molar refractivity (Wildman–Crippen MR) is 75.7 cm³/mol. The second-order valence-corrected chi connectivity index (χ2v) is 6.58. The zero-order chi connectivity index (χ0) is 13.3. The van der Waals surface area contributed by atoms with Crippen LogP contribution in [-0.4, -0.2) is 23.1 Å². The Morgan fingerprint density at radius 1 is 1.28 bits per heavy atom. The third-order valence-electron chi connectivity index (χ3n) is 4.38. The molecule has 1 aliphatic rings. The van der Waals surface area contributed by atoms with Crippen LogP contribution in [0.1, 0.15) is 45.7 Å². The molecule has 2 heteroatoms. The van der Waals surface area contributed by atoms with Crippen molar-refractivity contribution in [3.05, 3.63) is 29.8 Å². The number of rotatable bonds is 2. The van der Waals surface area contributed by atoms with Crippen LogP contribution in [0.3, 0.4) is 0 Å². The standard InChI is InChI=1S/C16H25NO/c1-12(14-7-5-6-8-15(14)18)17-10-9-13(11-17)16(2,3)4/h5-8,12-13,18H,9-11H2,1-4H3. The molecule has 18 heavy (non-hydrogen) atoms. The van der Waals surface area contributed by atoms with E-state index in [2.05, 4.69) is 32.6 Å². The highest BCUT2D eigenvalue weighted by molar-refractivity contribution is 5.34. The molecular formula is C16H25NO. The van der Waals surface area contributed by atoms with Crippen molar-refractivity contribution in [1.29, 1.82) is 0 Å². The Morgan fingerprint density at radius 3 is 2.50 bits per heavy atom. The first-order valence-electron chi connectivity index (χ1n) is 6.91. The Morgan fingerprint density at radius 2 is 1.94 bits per heavy atom. The van der Waals surface area contributed by atoms with Crippen LogP contribution in [0, 0.1) is 11.3 Å². The van der Waals surface area contributed by atoms with Crippen molar-refractivity contribution < 1.29 is 5.11 Å². The predicted octanol–water partition coefficient (Wildman–Crippen LogP) is 3.82. The minimum absolute atomic E-state index is 0.304. The van der Waals surface area contributed by atoms with Gasteiger partial charge in [-0.3, -0.25) is 4.90 Å². The van der Waals surface area contributed by atoms with E-state index in [9.17, 15) is 5.11 Å². The van der Waals surface area contributed by atoms with Gasteiger partial charge in [0.2, 0.25) is 0 Å². The normalized spacial score (nSPS) is 23.2. The minimum atomic E-state index is 0.304. The summed E-state index contributed by atoms with van der Waals surface area (Å²) in [6.07, 6.45) is 1.27. The molecule has 2 rings (SSSR count). The van der Waals surface area contributed by atoms with Crippen molar-refractivity contribution >= 4 is 0 Å². The maximum atomic E-state index is 9.94.